The number of nitro groups is 1. The maximum absolute atomic E-state index is 12.3. The summed E-state index contributed by atoms with van der Waals surface area (Å²) >= 11 is 0. The fraction of sp³-hybridized carbons (Fsp3) is 0.278. The van der Waals surface area contributed by atoms with Gasteiger partial charge in [-0.2, -0.15) is 0 Å². The van der Waals surface area contributed by atoms with Crippen molar-refractivity contribution in [3.63, 3.8) is 0 Å². The zero-order valence-electron chi connectivity index (χ0n) is 14.2. The minimum absolute atomic E-state index is 0.141. The van der Waals surface area contributed by atoms with Crippen molar-refractivity contribution in [3.05, 3.63) is 58.6 Å². The van der Waals surface area contributed by atoms with E-state index < -0.39 is 11.0 Å². The number of amides is 1. The van der Waals surface area contributed by atoms with Crippen molar-refractivity contribution in [2.75, 3.05) is 17.2 Å². The molecule has 2 N–H and O–H groups in total. The second-order valence-electron chi connectivity index (χ2n) is 5.51. The quantitative estimate of drug-likeness (QED) is 0.561. The minimum atomic E-state index is -0.582. The molecule has 2 rings (SSSR count). The van der Waals surface area contributed by atoms with E-state index in [1.165, 1.54) is 12.1 Å². The van der Waals surface area contributed by atoms with E-state index in [1.54, 1.807) is 19.1 Å². The van der Waals surface area contributed by atoms with E-state index >= 15 is 0 Å². The van der Waals surface area contributed by atoms with Crippen molar-refractivity contribution < 1.29 is 14.5 Å². The van der Waals surface area contributed by atoms with Gasteiger partial charge in [0.05, 0.1) is 11.5 Å². The number of benzene rings is 2. The third-order valence-electron chi connectivity index (χ3n) is 3.44. The van der Waals surface area contributed by atoms with Gasteiger partial charge in [0.1, 0.15) is 17.5 Å². The van der Waals surface area contributed by atoms with Crippen LogP contribution in [0.3, 0.4) is 0 Å². The van der Waals surface area contributed by atoms with Gasteiger partial charge < -0.3 is 15.4 Å². The number of para-hydroxylation sites is 2. The number of carbonyl (C=O) groups is 1. The highest BCUT2D eigenvalue weighted by Gasteiger charge is 2.18. The van der Waals surface area contributed by atoms with Crippen molar-refractivity contribution in [3.8, 4) is 5.75 Å². The molecule has 1 atom stereocenters. The molecule has 1 unspecified atom stereocenters. The van der Waals surface area contributed by atoms with Gasteiger partial charge in [-0.1, -0.05) is 25.1 Å². The van der Waals surface area contributed by atoms with Gasteiger partial charge >= 0.3 is 0 Å². The van der Waals surface area contributed by atoms with Gasteiger partial charge in [-0.15, -0.1) is 0 Å². The molecule has 0 spiro atoms. The van der Waals surface area contributed by atoms with Gasteiger partial charge in [0.15, 0.2) is 0 Å². The molecule has 0 aliphatic rings. The lowest BCUT2D eigenvalue weighted by Crippen LogP contribution is -2.32. The minimum Gasteiger partial charge on any atom is -0.494 e. The molecule has 7 nitrogen and oxygen atoms in total. The Morgan fingerprint density at radius 1 is 1.24 bits per heavy atom. The van der Waals surface area contributed by atoms with E-state index in [4.69, 9.17) is 4.74 Å². The summed E-state index contributed by atoms with van der Waals surface area (Å²) in [6, 6.07) is 12.8. The molecule has 2 aromatic carbocycles. The fourth-order valence-electron chi connectivity index (χ4n) is 2.19. The predicted molar refractivity (Wildman–Crippen MR) is 97.0 cm³/mol. The summed E-state index contributed by atoms with van der Waals surface area (Å²) in [5, 5.41) is 16.7. The number of hydrogen-bond acceptors (Lipinski definition) is 5. The number of nitrogens with one attached hydrogen (secondary N) is 2. The fourth-order valence-corrected chi connectivity index (χ4v) is 2.19. The second-order valence-corrected chi connectivity index (χ2v) is 5.51. The molecule has 0 aliphatic heterocycles. The van der Waals surface area contributed by atoms with Gasteiger partial charge in [0.25, 0.3) is 5.69 Å². The average molecular weight is 343 g/mol. The van der Waals surface area contributed by atoms with Crippen LogP contribution in [0.1, 0.15) is 20.3 Å². The van der Waals surface area contributed by atoms with Gasteiger partial charge in [0.2, 0.25) is 5.91 Å². The number of nitro benzene ring substituents is 1. The lowest BCUT2D eigenvalue weighted by atomic mass is 10.2. The molecule has 0 saturated heterocycles. The van der Waals surface area contributed by atoms with Gasteiger partial charge in [-0.3, -0.25) is 14.9 Å². The van der Waals surface area contributed by atoms with Crippen LogP contribution in [-0.2, 0) is 4.79 Å². The van der Waals surface area contributed by atoms with Crippen LogP contribution in [-0.4, -0.2) is 23.5 Å². The van der Waals surface area contributed by atoms with E-state index in [9.17, 15) is 14.9 Å². The van der Waals surface area contributed by atoms with Crippen LogP contribution in [0.4, 0.5) is 17.1 Å². The maximum Gasteiger partial charge on any atom is 0.292 e. The van der Waals surface area contributed by atoms with Gasteiger partial charge in [-0.05, 0) is 31.5 Å². The number of rotatable bonds is 8. The molecule has 132 valence electrons. The summed E-state index contributed by atoms with van der Waals surface area (Å²) < 4.78 is 5.56. The second kappa shape index (κ2) is 8.68. The molecule has 0 saturated carbocycles. The third-order valence-corrected chi connectivity index (χ3v) is 3.44. The van der Waals surface area contributed by atoms with Gasteiger partial charge in [-0.25, -0.2) is 0 Å². The molecule has 0 heterocycles. The highest BCUT2D eigenvalue weighted by molar-refractivity contribution is 5.98. The first-order chi connectivity index (χ1) is 12.0. The van der Waals surface area contributed by atoms with Crippen molar-refractivity contribution in [2.24, 2.45) is 0 Å². The molecule has 7 heteroatoms. The van der Waals surface area contributed by atoms with E-state index in [-0.39, 0.29) is 17.3 Å². The summed E-state index contributed by atoms with van der Waals surface area (Å²) in [6.45, 7) is 4.33. The molecule has 0 radical (unpaired) electrons. The van der Waals surface area contributed by atoms with Crippen LogP contribution in [0.2, 0.25) is 0 Å². The summed E-state index contributed by atoms with van der Waals surface area (Å²) in [4.78, 5) is 22.8. The Balaban J connectivity index is 2.02. The Hall–Kier alpha value is -3.09. The molecule has 0 aromatic heterocycles. The maximum atomic E-state index is 12.3. The van der Waals surface area contributed by atoms with Crippen LogP contribution in [0.15, 0.2) is 48.5 Å². The number of nitrogens with zero attached hydrogens (tertiary/aromatic N) is 1. The molecule has 25 heavy (non-hydrogen) atoms. The lowest BCUT2D eigenvalue weighted by molar-refractivity contribution is -0.383. The van der Waals surface area contributed by atoms with E-state index in [1.807, 2.05) is 31.2 Å². The Bertz CT molecular complexity index is 749. The van der Waals surface area contributed by atoms with Crippen molar-refractivity contribution >= 4 is 23.0 Å². The topological polar surface area (TPSA) is 93.5 Å². The largest absolute Gasteiger partial charge is 0.494 e. The molecule has 1 amide bonds. The number of hydrogen-bond donors (Lipinski definition) is 2. The average Bonchev–Trinajstić information content (AvgIpc) is 2.60. The molecule has 0 aliphatic carbocycles. The van der Waals surface area contributed by atoms with E-state index in [2.05, 4.69) is 10.6 Å². The van der Waals surface area contributed by atoms with E-state index in [0.29, 0.717) is 6.61 Å². The van der Waals surface area contributed by atoms with Crippen molar-refractivity contribution in [1.82, 2.24) is 0 Å². The first-order valence-electron chi connectivity index (χ1n) is 8.05. The summed E-state index contributed by atoms with van der Waals surface area (Å²) in [7, 11) is 0. The molecule has 2 aromatic rings. The summed E-state index contributed by atoms with van der Waals surface area (Å²) in [5.41, 5.74) is 0.767. The monoisotopic (exact) mass is 343 g/mol. The summed E-state index contributed by atoms with van der Waals surface area (Å²) in [5.74, 6) is 0.354. The highest BCUT2D eigenvalue weighted by Crippen LogP contribution is 2.24. The van der Waals surface area contributed by atoms with Crippen LogP contribution in [0.5, 0.6) is 5.75 Å². The molecule has 0 fully saturated rings. The number of anilines is 2. The van der Waals surface area contributed by atoms with Crippen LogP contribution >= 0.6 is 0 Å². The SMILES string of the molecule is CCCOc1cccc(NC(C)C(=O)Nc2ccccc2[N+](=O)[O-])c1. The zero-order valence-corrected chi connectivity index (χ0v) is 14.2. The Morgan fingerprint density at radius 2 is 2.00 bits per heavy atom. The van der Waals surface area contributed by atoms with Gasteiger partial charge in [0, 0.05) is 17.8 Å². The van der Waals surface area contributed by atoms with Crippen molar-refractivity contribution in [1.29, 1.82) is 0 Å². The first-order valence-corrected chi connectivity index (χ1v) is 8.05. The van der Waals surface area contributed by atoms with Crippen LogP contribution < -0.4 is 15.4 Å². The molecular weight excluding hydrogens is 322 g/mol. The number of carbonyl (C=O) groups excluding carboxylic acids is 1. The van der Waals surface area contributed by atoms with E-state index in [0.717, 1.165) is 17.9 Å². The Morgan fingerprint density at radius 3 is 2.72 bits per heavy atom. The van der Waals surface area contributed by atoms with Crippen molar-refractivity contribution in [2.45, 2.75) is 26.3 Å². The first kappa shape index (κ1) is 18.3. The Kier molecular flexibility index (Phi) is 6.33. The summed E-state index contributed by atoms with van der Waals surface area (Å²) in [6.07, 6.45) is 0.909. The molecular formula is C18H21N3O4. The number of ether oxygens (including phenoxy) is 1. The standard InChI is InChI=1S/C18H21N3O4/c1-3-11-25-15-8-6-7-14(12-15)19-13(2)18(22)20-16-9-4-5-10-17(16)21(23)24/h4-10,12-13,19H,3,11H2,1-2H3,(H,20,22). The molecule has 0 bridgehead atoms. The van der Waals surface area contributed by atoms with Crippen LogP contribution in [0.25, 0.3) is 0 Å². The Labute approximate surface area is 146 Å². The van der Waals surface area contributed by atoms with Crippen LogP contribution in [0, 0.1) is 10.1 Å². The predicted octanol–water partition coefficient (Wildman–Crippen LogP) is 3.82. The lowest BCUT2D eigenvalue weighted by Gasteiger charge is -2.16. The smallest absolute Gasteiger partial charge is 0.292 e. The third kappa shape index (κ3) is 5.20. The highest BCUT2D eigenvalue weighted by atomic mass is 16.6. The zero-order chi connectivity index (χ0) is 18.2. The normalized spacial score (nSPS) is 11.4.